The second-order valence-electron chi connectivity index (χ2n) is 6.02. The third-order valence-electron chi connectivity index (χ3n) is 3.98. The highest BCUT2D eigenvalue weighted by Crippen LogP contribution is 2.28. The largest absolute Gasteiger partial charge is 0.487 e. The fraction of sp³-hybridized carbons (Fsp3) is 0.250. The van der Waals surface area contributed by atoms with Crippen LogP contribution in [0, 0.1) is 0 Å². The van der Waals surface area contributed by atoms with Crippen molar-refractivity contribution >= 4 is 17.3 Å². The van der Waals surface area contributed by atoms with E-state index in [9.17, 15) is 4.79 Å². The molecule has 0 aliphatic carbocycles. The molecule has 24 heavy (non-hydrogen) atoms. The van der Waals surface area contributed by atoms with Gasteiger partial charge in [0.1, 0.15) is 12.4 Å². The van der Waals surface area contributed by atoms with E-state index < -0.39 is 0 Å². The second kappa shape index (κ2) is 7.21. The van der Waals surface area contributed by atoms with Crippen LogP contribution in [0.2, 0.25) is 0 Å². The van der Waals surface area contributed by atoms with Crippen LogP contribution < -0.4 is 15.0 Å². The second-order valence-corrected chi connectivity index (χ2v) is 6.02. The average molecular weight is 322 g/mol. The first-order valence-corrected chi connectivity index (χ1v) is 8.13. The summed E-state index contributed by atoms with van der Waals surface area (Å²) < 4.78 is 5.73. The minimum atomic E-state index is 0.0645. The number of para-hydroxylation sites is 3. The molecule has 4 nitrogen and oxygen atoms in total. The first-order chi connectivity index (χ1) is 11.6. The number of nitrogens with zero attached hydrogens (tertiary/aromatic N) is 1. The van der Waals surface area contributed by atoms with Crippen molar-refractivity contribution in [3.05, 3.63) is 66.2 Å². The van der Waals surface area contributed by atoms with E-state index in [0.717, 1.165) is 35.7 Å². The van der Waals surface area contributed by atoms with Gasteiger partial charge in [0.25, 0.3) is 0 Å². The minimum absolute atomic E-state index is 0.0645. The predicted octanol–water partition coefficient (Wildman–Crippen LogP) is 3.64. The molecule has 1 N–H and O–H groups in total. The molecular weight excluding hydrogens is 300 g/mol. The number of nitrogens with one attached hydrogen (secondary N) is 1. The van der Waals surface area contributed by atoms with E-state index >= 15 is 0 Å². The minimum Gasteiger partial charge on any atom is -0.487 e. The van der Waals surface area contributed by atoms with Crippen LogP contribution in [0.15, 0.2) is 60.7 Å². The standard InChI is InChI=1S/C20H22N2O2/c1-15(2)14-24-19-10-6-4-8-17(19)21-13-20(23)22-12-11-16-7-3-5-9-18(16)22/h3-10,21H,1,11-14H2,2H3. The van der Waals surface area contributed by atoms with Gasteiger partial charge in [-0.25, -0.2) is 0 Å². The number of fused-ring (bicyclic) bond motifs is 1. The van der Waals surface area contributed by atoms with Crippen LogP contribution in [0.1, 0.15) is 12.5 Å². The zero-order valence-corrected chi connectivity index (χ0v) is 13.9. The van der Waals surface area contributed by atoms with Crippen molar-refractivity contribution < 1.29 is 9.53 Å². The van der Waals surface area contributed by atoms with Gasteiger partial charge in [0.2, 0.25) is 5.91 Å². The number of amides is 1. The molecule has 1 heterocycles. The summed E-state index contributed by atoms with van der Waals surface area (Å²) in [4.78, 5) is 14.4. The fourth-order valence-electron chi connectivity index (χ4n) is 2.80. The van der Waals surface area contributed by atoms with Crippen LogP contribution in [-0.4, -0.2) is 25.6 Å². The van der Waals surface area contributed by atoms with Crippen molar-refractivity contribution in [1.29, 1.82) is 0 Å². The lowest BCUT2D eigenvalue weighted by Crippen LogP contribution is -2.34. The molecule has 0 saturated carbocycles. The summed E-state index contributed by atoms with van der Waals surface area (Å²) in [7, 11) is 0. The van der Waals surface area contributed by atoms with Crippen molar-refractivity contribution in [3.63, 3.8) is 0 Å². The summed E-state index contributed by atoms with van der Waals surface area (Å²) >= 11 is 0. The maximum atomic E-state index is 12.6. The third-order valence-corrected chi connectivity index (χ3v) is 3.98. The molecule has 1 aliphatic rings. The molecule has 0 aromatic heterocycles. The maximum absolute atomic E-state index is 12.6. The van der Waals surface area contributed by atoms with Gasteiger partial charge in [-0.15, -0.1) is 0 Å². The lowest BCUT2D eigenvalue weighted by Gasteiger charge is -2.19. The summed E-state index contributed by atoms with van der Waals surface area (Å²) in [5.74, 6) is 0.796. The molecule has 2 aromatic rings. The Balaban J connectivity index is 1.64. The number of hydrogen-bond donors (Lipinski definition) is 1. The van der Waals surface area contributed by atoms with Gasteiger partial charge in [0.05, 0.1) is 12.2 Å². The quantitative estimate of drug-likeness (QED) is 0.826. The number of benzene rings is 2. The van der Waals surface area contributed by atoms with Gasteiger partial charge in [-0.1, -0.05) is 36.9 Å². The number of carbonyl (C=O) groups excluding carboxylic acids is 1. The molecule has 1 amide bonds. The first-order valence-electron chi connectivity index (χ1n) is 8.13. The van der Waals surface area contributed by atoms with Gasteiger partial charge in [0.15, 0.2) is 0 Å². The van der Waals surface area contributed by atoms with Crippen molar-refractivity contribution in [2.45, 2.75) is 13.3 Å². The van der Waals surface area contributed by atoms with E-state index in [1.165, 1.54) is 5.56 Å². The maximum Gasteiger partial charge on any atom is 0.246 e. The van der Waals surface area contributed by atoms with Gasteiger partial charge >= 0.3 is 0 Å². The molecule has 124 valence electrons. The lowest BCUT2D eigenvalue weighted by atomic mass is 10.2. The molecule has 0 fully saturated rings. The summed E-state index contributed by atoms with van der Waals surface area (Å²) in [6, 6.07) is 15.7. The van der Waals surface area contributed by atoms with E-state index in [1.807, 2.05) is 54.3 Å². The Hall–Kier alpha value is -2.75. The van der Waals surface area contributed by atoms with E-state index in [4.69, 9.17) is 4.74 Å². The van der Waals surface area contributed by atoms with Gasteiger partial charge < -0.3 is 15.0 Å². The molecule has 4 heteroatoms. The third kappa shape index (κ3) is 3.59. The SMILES string of the molecule is C=C(C)COc1ccccc1NCC(=O)N1CCc2ccccc21. The predicted molar refractivity (Wildman–Crippen MR) is 97.7 cm³/mol. The van der Waals surface area contributed by atoms with E-state index in [2.05, 4.69) is 18.0 Å². The van der Waals surface area contributed by atoms with E-state index in [-0.39, 0.29) is 12.5 Å². The average Bonchev–Trinajstić information content (AvgIpc) is 3.02. The molecule has 0 unspecified atom stereocenters. The first kappa shape index (κ1) is 16.1. The number of hydrogen-bond acceptors (Lipinski definition) is 3. The molecule has 0 atom stereocenters. The molecule has 2 aromatic carbocycles. The smallest absolute Gasteiger partial charge is 0.246 e. The Kier molecular flexibility index (Phi) is 4.85. The highest BCUT2D eigenvalue weighted by Gasteiger charge is 2.23. The van der Waals surface area contributed by atoms with Crippen LogP contribution >= 0.6 is 0 Å². The molecular formula is C20H22N2O2. The van der Waals surface area contributed by atoms with Crippen molar-refractivity contribution in [3.8, 4) is 5.75 Å². The summed E-state index contributed by atoms with van der Waals surface area (Å²) in [5.41, 5.74) is 4.03. The molecule has 3 rings (SSSR count). The lowest BCUT2D eigenvalue weighted by molar-refractivity contribution is -0.116. The zero-order chi connectivity index (χ0) is 16.9. The summed E-state index contributed by atoms with van der Waals surface area (Å²) in [6.07, 6.45) is 0.917. The molecule has 0 bridgehead atoms. The summed E-state index contributed by atoms with van der Waals surface area (Å²) in [6.45, 7) is 7.21. The Bertz CT molecular complexity index is 755. The highest BCUT2D eigenvalue weighted by atomic mass is 16.5. The Morgan fingerprint density at radius 3 is 2.79 bits per heavy atom. The van der Waals surface area contributed by atoms with E-state index in [1.54, 1.807) is 0 Å². The van der Waals surface area contributed by atoms with Gasteiger partial charge in [-0.2, -0.15) is 0 Å². The normalized spacial score (nSPS) is 12.6. The van der Waals surface area contributed by atoms with Crippen LogP contribution in [-0.2, 0) is 11.2 Å². The van der Waals surface area contributed by atoms with Crippen molar-refractivity contribution in [1.82, 2.24) is 0 Å². The number of anilines is 2. The van der Waals surface area contributed by atoms with Crippen molar-refractivity contribution in [2.75, 3.05) is 29.9 Å². The Labute approximate surface area is 142 Å². The van der Waals surface area contributed by atoms with E-state index in [0.29, 0.717) is 6.61 Å². The number of rotatable bonds is 6. The molecule has 0 radical (unpaired) electrons. The summed E-state index contributed by atoms with van der Waals surface area (Å²) in [5, 5.41) is 3.20. The van der Waals surface area contributed by atoms with Gasteiger partial charge in [-0.3, -0.25) is 4.79 Å². The van der Waals surface area contributed by atoms with Crippen LogP contribution in [0.5, 0.6) is 5.75 Å². The monoisotopic (exact) mass is 322 g/mol. The number of ether oxygens (including phenoxy) is 1. The van der Waals surface area contributed by atoms with Gasteiger partial charge in [-0.05, 0) is 42.7 Å². The number of carbonyl (C=O) groups is 1. The highest BCUT2D eigenvalue weighted by molar-refractivity contribution is 5.98. The Morgan fingerprint density at radius 1 is 1.21 bits per heavy atom. The van der Waals surface area contributed by atoms with Crippen LogP contribution in [0.4, 0.5) is 11.4 Å². The van der Waals surface area contributed by atoms with Crippen LogP contribution in [0.25, 0.3) is 0 Å². The Morgan fingerprint density at radius 2 is 1.96 bits per heavy atom. The zero-order valence-electron chi connectivity index (χ0n) is 13.9. The topological polar surface area (TPSA) is 41.6 Å². The molecule has 0 saturated heterocycles. The van der Waals surface area contributed by atoms with Gasteiger partial charge in [0, 0.05) is 12.2 Å². The molecule has 1 aliphatic heterocycles. The molecule has 0 spiro atoms. The van der Waals surface area contributed by atoms with Crippen LogP contribution in [0.3, 0.4) is 0 Å². The van der Waals surface area contributed by atoms with Crippen molar-refractivity contribution in [2.24, 2.45) is 0 Å². The fourth-order valence-corrected chi connectivity index (χ4v) is 2.80.